The predicted molar refractivity (Wildman–Crippen MR) is 78.3 cm³/mol. The van der Waals surface area contributed by atoms with Crippen molar-refractivity contribution in [3.05, 3.63) is 47.0 Å². The molecule has 0 spiro atoms. The standard InChI is InChI=1S/C14H14ClFN4O/c15-9-6-18-14(19-7-9)20-10-1-2-11(12(16)5-10)13-8-17-3-4-21-13/h1-2,5-7,13,17H,3-4,8H2,(H,18,19,20). The molecule has 1 atom stereocenters. The summed E-state index contributed by atoms with van der Waals surface area (Å²) < 4.78 is 19.7. The molecule has 3 rings (SSSR count). The molecule has 21 heavy (non-hydrogen) atoms. The first-order valence-electron chi connectivity index (χ1n) is 6.59. The number of ether oxygens (including phenoxy) is 1. The third kappa shape index (κ3) is 3.47. The lowest BCUT2D eigenvalue weighted by atomic mass is 10.1. The number of hydrogen-bond acceptors (Lipinski definition) is 5. The third-order valence-electron chi connectivity index (χ3n) is 3.15. The molecule has 1 saturated heterocycles. The zero-order chi connectivity index (χ0) is 14.7. The smallest absolute Gasteiger partial charge is 0.227 e. The minimum Gasteiger partial charge on any atom is -0.371 e. The van der Waals surface area contributed by atoms with Gasteiger partial charge in [-0.05, 0) is 12.1 Å². The van der Waals surface area contributed by atoms with Crippen LogP contribution in [-0.4, -0.2) is 29.7 Å². The molecular weight excluding hydrogens is 295 g/mol. The van der Waals surface area contributed by atoms with E-state index in [9.17, 15) is 4.39 Å². The Morgan fingerprint density at radius 3 is 2.81 bits per heavy atom. The highest BCUT2D eigenvalue weighted by molar-refractivity contribution is 6.30. The quantitative estimate of drug-likeness (QED) is 0.913. The Balaban J connectivity index is 1.75. The lowest BCUT2D eigenvalue weighted by molar-refractivity contribution is 0.0255. The van der Waals surface area contributed by atoms with E-state index in [-0.39, 0.29) is 11.9 Å². The lowest BCUT2D eigenvalue weighted by Crippen LogP contribution is -2.33. The Bertz CT molecular complexity index is 617. The summed E-state index contributed by atoms with van der Waals surface area (Å²) in [5.74, 6) is 0.0461. The zero-order valence-electron chi connectivity index (χ0n) is 11.1. The Hall–Kier alpha value is -1.76. The van der Waals surface area contributed by atoms with Gasteiger partial charge in [0.05, 0.1) is 30.1 Å². The highest BCUT2D eigenvalue weighted by atomic mass is 35.5. The van der Waals surface area contributed by atoms with Crippen LogP contribution in [0.1, 0.15) is 11.7 Å². The Kier molecular flexibility index (Phi) is 4.28. The van der Waals surface area contributed by atoms with Gasteiger partial charge in [0.2, 0.25) is 5.95 Å². The number of aromatic nitrogens is 2. The zero-order valence-corrected chi connectivity index (χ0v) is 11.9. The van der Waals surface area contributed by atoms with Crippen molar-refractivity contribution in [3.63, 3.8) is 0 Å². The molecule has 110 valence electrons. The van der Waals surface area contributed by atoms with Gasteiger partial charge in [-0.3, -0.25) is 0 Å². The van der Waals surface area contributed by atoms with Crippen molar-refractivity contribution in [1.29, 1.82) is 0 Å². The van der Waals surface area contributed by atoms with Crippen molar-refractivity contribution in [2.75, 3.05) is 25.0 Å². The van der Waals surface area contributed by atoms with Crippen molar-refractivity contribution in [2.24, 2.45) is 0 Å². The molecule has 1 fully saturated rings. The summed E-state index contributed by atoms with van der Waals surface area (Å²) in [6.07, 6.45) is 2.70. The molecule has 2 N–H and O–H groups in total. The summed E-state index contributed by atoms with van der Waals surface area (Å²) in [6.45, 7) is 2.00. The van der Waals surface area contributed by atoms with Gasteiger partial charge in [-0.1, -0.05) is 17.7 Å². The van der Waals surface area contributed by atoms with E-state index in [1.807, 2.05) is 0 Å². The molecule has 0 bridgehead atoms. The first-order valence-corrected chi connectivity index (χ1v) is 6.96. The van der Waals surface area contributed by atoms with E-state index in [2.05, 4.69) is 20.6 Å². The first-order chi connectivity index (χ1) is 10.2. The Labute approximate surface area is 126 Å². The minimum absolute atomic E-state index is 0.250. The van der Waals surface area contributed by atoms with Crippen molar-refractivity contribution in [3.8, 4) is 0 Å². The van der Waals surface area contributed by atoms with E-state index < -0.39 is 0 Å². The summed E-state index contributed by atoms with van der Waals surface area (Å²) in [5.41, 5.74) is 1.12. The average Bonchev–Trinajstić information content (AvgIpc) is 2.51. The van der Waals surface area contributed by atoms with Crippen LogP contribution in [0, 0.1) is 5.82 Å². The number of morpholine rings is 1. The number of nitrogens with one attached hydrogen (secondary N) is 2. The van der Waals surface area contributed by atoms with Crippen molar-refractivity contribution >= 4 is 23.2 Å². The van der Waals surface area contributed by atoms with Crippen LogP contribution in [-0.2, 0) is 4.74 Å². The molecule has 0 amide bonds. The van der Waals surface area contributed by atoms with Crippen molar-refractivity contribution in [1.82, 2.24) is 15.3 Å². The van der Waals surface area contributed by atoms with Gasteiger partial charge in [-0.15, -0.1) is 0 Å². The average molecular weight is 309 g/mol. The molecule has 1 aliphatic rings. The number of benzene rings is 1. The summed E-state index contributed by atoms with van der Waals surface area (Å²) >= 11 is 5.71. The molecule has 1 unspecified atom stereocenters. The fraction of sp³-hybridized carbons (Fsp3) is 0.286. The predicted octanol–water partition coefficient (Wildman–Crippen LogP) is 2.67. The van der Waals surface area contributed by atoms with Crippen molar-refractivity contribution < 1.29 is 9.13 Å². The summed E-state index contributed by atoms with van der Waals surface area (Å²) in [7, 11) is 0. The van der Waals surface area contributed by atoms with E-state index in [4.69, 9.17) is 16.3 Å². The van der Waals surface area contributed by atoms with Crippen molar-refractivity contribution in [2.45, 2.75) is 6.10 Å². The van der Waals surface area contributed by atoms with E-state index in [1.54, 1.807) is 12.1 Å². The normalized spacial score (nSPS) is 18.5. The fourth-order valence-corrected chi connectivity index (χ4v) is 2.23. The van der Waals surface area contributed by atoms with Crippen LogP contribution < -0.4 is 10.6 Å². The number of nitrogens with zero attached hydrogens (tertiary/aromatic N) is 2. The monoisotopic (exact) mass is 308 g/mol. The van der Waals surface area contributed by atoms with Gasteiger partial charge in [0, 0.05) is 24.3 Å². The molecule has 0 saturated carbocycles. The summed E-state index contributed by atoms with van der Waals surface area (Å²) in [5, 5.41) is 6.55. The third-order valence-corrected chi connectivity index (χ3v) is 3.35. The first kappa shape index (κ1) is 14.2. The fourth-order valence-electron chi connectivity index (χ4n) is 2.14. The maximum atomic E-state index is 14.2. The molecule has 5 nitrogen and oxygen atoms in total. The number of rotatable bonds is 3. The van der Waals surface area contributed by atoms with Crippen LogP contribution in [0.2, 0.25) is 5.02 Å². The highest BCUT2D eigenvalue weighted by Gasteiger charge is 2.19. The Morgan fingerprint density at radius 1 is 1.33 bits per heavy atom. The SMILES string of the molecule is Fc1cc(Nc2ncc(Cl)cn2)ccc1C1CNCCO1. The van der Waals surface area contributed by atoms with Gasteiger partial charge in [0.25, 0.3) is 0 Å². The summed E-state index contributed by atoms with van der Waals surface area (Å²) in [4.78, 5) is 8.01. The topological polar surface area (TPSA) is 59.1 Å². The van der Waals surface area contributed by atoms with Gasteiger partial charge in [-0.2, -0.15) is 0 Å². The number of hydrogen-bond donors (Lipinski definition) is 2. The van der Waals surface area contributed by atoms with Gasteiger partial charge < -0.3 is 15.4 Å². The second kappa shape index (κ2) is 6.34. The molecule has 1 aromatic heterocycles. The van der Waals surface area contributed by atoms with Crippen LogP contribution in [0.4, 0.5) is 16.0 Å². The number of halogens is 2. The molecule has 1 aromatic carbocycles. The van der Waals surface area contributed by atoms with Gasteiger partial charge >= 0.3 is 0 Å². The molecule has 2 heterocycles. The van der Waals surface area contributed by atoms with Crippen LogP contribution in [0.5, 0.6) is 0 Å². The van der Waals surface area contributed by atoms with Gasteiger partial charge in [0.1, 0.15) is 5.82 Å². The summed E-state index contributed by atoms with van der Waals surface area (Å²) in [6, 6.07) is 4.89. The maximum absolute atomic E-state index is 14.2. The second-order valence-electron chi connectivity index (χ2n) is 4.65. The van der Waals surface area contributed by atoms with E-state index in [0.717, 1.165) is 6.54 Å². The molecule has 0 aliphatic carbocycles. The van der Waals surface area contributed by atoms with Gasteiger partial charge in [-0.25, -0.2) is 14.4 Å². The van der Waals surface area contributed by atoms with Gasteiger partial charge in [0.15, 0.2) is 0 Å². The lowest BCUT2D eigenvalue weighted by Gasteiger charge is -2.24. The largest absolute Gasteiger partial charge is 0.371 e. The molecule has 1 aliphatic heterocycles. The second-order valence-corrected chi connectivity index (χ2v) is 5.09. The molecule has 7 heteroatoms. The minimum atomic E-state index is -0.317. The maximum Gasteiger partial charge on any atom is 0.227 e. The molecular formula is C14H14ClFN4O. The molecule has 2 aromatic rings. The van der Waals surface area contributed by atoms with E-state index in [1.165, 1.54) is 18.5 Å². The van der Waals surface area contributed by atoms with Crippen LogP contribution in [0.25, 0.3) is 0 Å². The van der Waals surface area contributed by atoms with Crippen LogP contribution in [0.15, 0.2) is 30.6 Å². The van der Waals surface area contributed by atoms with Crippen LogP contribution in [0.3, 0.4) is 0 Å². The van der Waals surface area contributed by atoms with E-state index in [0.29, 0.717) is 35.4 Å². The number of anilines is 2. The van der Waals surface area contributed by atoms with E-state index >= 15 is 0 Å². The molecule has 0 radical (unpaired) electrons. The Morgan fingerprint density at radius 2 is 2.14 bits per heavy atom. The van der Waals surface area contributed by atoms with Crippen LogP contribution >= 0.6 is 11.6 Å². The highest BCUT2D eigenvalue weighted by Crippen LogP contribution is 2.25.